The zero-order valence-electron chi connectivity index (χ0n) is 9.14. The maximum absolute atomic E-state index is 9.65. The number of nitrogens with two attached hydrogens (primary N) is 3. The zero-order valence-corrected chi connectivity index (χ0v) is 9.14. The third-order valence-corrected chi connectivity index (χ3v) is 2.39. The third kappa shape index (κ3) is 2.34. The molecule has 0 heterocycles. The van der Waals surface area contributed by atoms with Crippen molar-refractivity contribution in [3.05, 3.63) is 36.4 Å². The topological polar surface area (TPSA) is 110 Å². The minimum absolute atomic E-state index is 0.120. The Labute approximate surface area is 98.9 Å². The molecule has 5 nitrogen and oxygen atoms in total. The molecule has 0 bridgehead atoms. The molecule has 0 aliphatic carbocycles. The third-order valence-electron chi connectivity index (χ3n) is 2.39. The fourth-order valence-corrected chi connectivity index (χ4v) is 1.46. The average molecular weight is 230 g/mol. The fraction of sp³-hybridized carbons (Fsp3) is 0. The molecule has 0 spiro atoms. The average Bonchev–Trinajstić information content (AvgIpc) is 2.29. The lowest BCUT2D eigenvalue weighted by Gasteiger charge is -2.10. The standard InChI is InChI=1S/C12H14N4O/c13-7-1-4-12(17)11(5-7)16-8-2-3-9(14)10(15)6-8/h1-6,16-17H,13-15H2. The normalized spacial score (nSPS) is 10.1. The van der Waals surface area contributed by atoms with Crippen molar-refractivity contribution in [1.29, 1.82) is 0 Å². The molecule has 5 heteroatoms. The SMILES string of the molecule is Nc1ccc(O)c(Nc2ccc(N)c(N)c2)c1. The Morgan fingerprint density at radius 1 is 0.882 bits per heavy atom. The van der Waals surface area contributed by atoms with Gasteiger partial charge in [0.15, 0.2) is 0 Å². The van der Waals surface area contributed by atoms with Gasteiger partial charge in [-0.1, -0.05) is 0 Å². The van der Waals surface area contributed by atoms with Gasteiger partial charge in [0.25, 0.3) is 0 Å². The summed E-state index contributed by atoms with van der Waals surface area (Å²) < 4.78 is 0. The number of nitrogens with one attached hydrogen (secondary N) is 1. The Balaban J connectivity index is 2.31. The molecule has 0 aromatic heterocycles. The van der Waals surface area contributed by atoms with Crippen LogP contribution in [0.25, 0.3) is 0 Å². The van der Waals surface area contributed by atoms with Gasteiger partial charge >= 0.3 is 0 Å². The smallest absolute Gasteiger partial charge is 0.139 e. The van der Waals surface area contributed by atoms with Gasteiger partial charge in [-0.15, -0.1) is 0 Å². The molecule has 17 heavy (non-hydrogen) atoms. The molecule has 0 unspecified atom stereocenters. The summed E-state index contributed by atoms with van der Waals surface area (Å²) >= 11 is 0. The Bertz CT molecular complexity index is 554. The lowest BCUT2D eigenvalue weighted by Crippen LogP contribution is -1.97. The van der Waals surface area contributed by atoms with E-state index in [1.165, 1.54) is 6.07 Å². The minimum Gasteiger partial charge on any atom is -0.506 e. The number of hydrogen-bond acceptors (Lipinski definition) is 5. The number of rotatable bonds is 2. The van der Waals surface area contributed by atoms with E-state index in [1.54, 1.807) is 30.3 Å². The predicted molar refractivity (Wildman–Crippen MR) is 71.1 cm³/mol. The highest BCUT2D eigenvalue weighted by atomic mass is 16.3. The maximum Gasteiger partial charge on any atom is 0.139 e. The van der Waals surface area contributed by atoms with Crippen molar-refractivity contribution in [3.8, 4) is 5.75 Å². The molecule has 0 saturated heterocycles. The van der Waals surface area contributed by atoms with Gasteiger partial charge in [0, 0.05) is 11.4 Å². The molecule has 2 aromatic rings. The van der Waals surface area contributed by atoms with Crippen LogP contribution in [0.2, 0.25) is 0 Å². The molecule has 0 atom stereocenters. The van der Waals surface area contributed by atoms with Gasteiger partial charge in [0.1, 0.15) is 5.75 Å². The number of benzene rings is 2. The first kappa shape index (κ1) is 10.9. The van der Waals surface area contributed by atoms with E-state index in [0.717, 1.165) is 5.69 Å². The van der Waals surface area contributed by atoms with Gasteiger partial charge in [0.2, 0.25) is 0 Å². The van der Waals surface area contributed by atoms with Crippen molar-refractivity contribution in [2.45, 2.75) is 0 Å². The van der Waals surface area contributed by atoms with Crippen molar-refractivity contribution in [1.82, 2.24) is 0 Å². The molecule has 0 fully saturated rings. The Morgan fingerprint density at radius 2 is 1.65 bits per heavy atom. The number of phenols is 1. The van der Waals surface area contributed by atoms with Crippen LogP contribution in [0, 0.1) is 0 Å². The number of anilines is 5. The van der Waals surface area contributed by atoms with Crippen LogP contribution in [0.3, 0.4) is 0 Å². The van der Waals surface area contributed by atoms with E-state index in [0.29, 0.717) is 22.7 Å². The first-order valence-corrected chi connectivity index (χ1v) is 5.07. The summed E-state index contributed by atoms with van der Waals surface area (Å²) in [5.41, 5.74) is 19.8. The largest absolute Gasteiger partial charge is 0.506 e. The highest BCUT2D eigenvalue weighted by molar-refractivity contribution is 5.75. The zero-order chi connectivity index (χ0) is 12.4. The van der Waals surface area contributed by atoms with E-state index in [2.05, 4.69) is 5.32 Å². The number of hydrogen-bond donors (Lipinski definition) is 5. The Hall–Kier alpha value is -2.56. The first-order chi connectivity index (χ1) is 8.06. The summed E-state index contributed by atoms with van der Waals surface area (Å²) in [6.45, 7) is 0. The molecule has 88 valence electrons. The summed E-state index contributed by atoms with van der Waals surface area (Å²) in [6.07, 6.45) is 0. The molecular formula is C12H14N4O. The van der Waals surface area contributed by atoms with Crippen LogP contribution in [-0.4, -0.2) is 5.11 Å². The second-order valence-corrected chi connectivity index (χ2v) is 3.75. The summed E-state index contributed by atoms with van der Waals surface area (Å²) in [7, 11) is 0. The van der Waals surface area contributed by atoms with E-state index >= 15 is 0 Å². The summed E-state index contributed by atoms with van der Waals surface area (Å²) in [4.78, 5) is 0. The van der Waals surface area contributed by atoms with Crippen molar-refractivity contribution in [2.75, 3.05) is 22.5 Å². The van der Waals surface area contributed by atoms with Crippen LogP contribution in [0.15, 0.2) is 36.4 Å². The second-order valence-electron chi connectivity index (χ2n) is 3.75. The molecule has 0 aliphatic rings. The van der Waals surface area contributed by atoms with Gasteiger partial charge in [-0.05, 0) is 36.4 Å². The predicted octanol–water partition coefficient (Wildman–Crippen LogP) is 1.88. The molecule has 0 saturated carbocycles. The second kappa shape index (κ2) is 4.13. The molecule has 0 radical (unpaired) electrons. The van der Waals surface area contributed by atoms with Gasteiger partial charge in [0.05, 0.1) is 17.1 Å². The van der Waals surface area contributed by atoms with Crippen LogP contribution in [-0.2, 0) is 0 Å². The van der Waals surface area contributed by atoms with E-state index < -0.39 is 0 Å². The van der Waals surface area contributed by atoms with Crippen molar-refractivity contribution >= 4 is 28.4 Å². The van der Waals surface area contributed by atoms with Crippen molar-refractivity contribution < 1.29 is 5.11 Å². The van der Waals surface area contributed by atoms with Gasteiger partial charge in [-0.3, -0.25) is 0 Å². The highest BCUT2D eigenvalue weighted by Gasteiger charge is 2.03. The molecule has 0 aliphatic heterocycles. The van der Waals surface area contributed by atoms with Crippen LogP contribution in [0.1, 0.15) is 0 Å². The van der Waals surface area contributed by atoms with Crippen LogP contribution in [0.4, 0.5) is 28.4 Å². The van der Waals surface area contributed by atoms with Crippen LogP contribution < -0.4 is 22.5 Å². The van der Waals surface area contributed by atoms with Crippen molar-refractivity contribution in [2.24, 2.45) is 0 Å². The maximum atomic E-state index is 9.65. The first-order valence-electron chi connectivity index (χ1n) is 5.07. The lowest BCUT2D eigenvalue weighted by molar-refractivity contribution is 0.478. The fourth-order valence-electron chi connectivity index (χ4n) is 1.46. The molecule has 2 rings (SSSR count). The van der Waals surface area contributed by atoms with Crippen LogP contribution in [0.5, 0.6) is 5.75 Å². The molecule has 8 N–H and O–H groups in total. The van der Waals surface area contributed by atoms with E-state index in [9.17, 15) is 5.11 Å². The number of aromatic hydroxyl groups is 1. The molecule has 0 amide bonds. The van der Waals surface area contributed by atoms with Gasteiger partial charge in [-0.2, -0.15) is 0 Å². The van der Waals surface area contributed by atoms with E-state index in [1.807, 2.05) is 0 Å². The lowest BCUT2D eigenvalue weighted by atomic mass is 10.2. The van der Waals surface area contributed by atoms with Gasteiger partial charge in [-0.25, -0.2) is 0 Å². The minimum atomic E-state index is 0.120. The van der Waals surface area contributed by atoms with E-state index in [-0.39, 0.29) is 5.75 Å². The Kier molecular flexibility index (Phi) is 2.66. The summed E-state index contributed by atoms with van der Waals surface area (Å²) in [6, 6.07) is 9.95. The quantitative estimate of drug-likeness (QED) is 0.307. The highest BCUT2D eigenvalue weighted by Crippen LogP contribution is 2.30. The number of nitrogen functional groups attached to an aromatic ring is 3. The molecular weight excluding hydrogens is 216 g/mol. The van der Waals surface area contributed by atoms with Gasteiger partial charge < -0.3 is 27.6 Å². The Morgan fingerprint density at radius 3 is 2.35 bits per heavy atom. The van der Waals surface area contributed by atoms with Crippen molar-refractivity contribution in [3.63, 3.8) is 0 Å². The summed E-state index contributed by atoms with van der Waals surface area (Å²) in [5, 5.41) is 12.7. The summed E-state index contributed by atoms with van der Waals surface area (Å²) in [5.74, 6) is 0.120. The number of phenolic OH excluding ortho intramolecular Hbond substituents is 1. The molecule has 2 aromatic carbocycles. The van der Waals surface area contributed by atoms with Crippen LogP contribution >= 0.6 is 0 Å². The monoisotopic (exact) mass is 230 g/mol. The van der Waals surface area contributed by atoms with E-state index in [4.69, 9.17) is 17.2 Å².